The highest BCUT2D eigenvalue weighted by atomic mass is 19.4. The summed E-state index contributed by atoms with van der Waals surface area (Å²) < 4.78 is 163. The van der Waals surface area contributed by atoms with E-state index in [0.717, 1.165) is 15.6 Å². The molecule has 0 radical (unpaired) electrons. The number of nitrogens with one attached hydrogen (secondary N) is 2. The van der Waals surface area contributed by atoms with Crippen LogP contribution in [0, 0.1) is 34.9 Å². The van der Waals surface area contributed by atoms with Crippen molar-refractivity contribution >= 4 is 23.6 Å². The molecule has 4 amide bonds. The average molecular weight is 997 g/mol. The maximum absolute atomic E-state index is 13.9. The first-order valence-corrected chi connectivity index (χ1v) is 21.6. The fourth-order valence-electron chi connectivity index (χ4n) is 7.60. The smallest absolute Gasteiger partial charge is 0.351 e. The summed E-state index contributed by atoms with van der Waals surface area (Å²) in [4.78, 5) is 59.9. The Morgan fingerprint density at radius 2 is 0.957 bits per heavy atom. The van der Waals surface area contributed by atoms with Crippen molar-refractivity contribution in [2.45, 2.75) is 109 Å². The summed E-state index contributed by atoms with van der Waals surface area (Å²) in [5.41, 5.74) is 10.5. The number of carbonyl (C=O) groups is 4. The second kappa shape index (κ2) is 22.5. The van der Waals surface area contributed by atoms with E-state index in [9.17, 15) is 71.9 Å². The summed E-state index contributed by atoms with van der Waals surface area (Å²) >= 11 is 0. The number of aromatic nitrogens is 4. The van der Waals surface area contributed by atoms with E-state index in [1.807, 2.05) is 6.92 Å². The van der Waals surface area contributed by atoms with Crippen LogP contribution in [0.2, 0.25) is 0 Å². The van der Waals surface area contributed by atoms with Gasteiger partial charge in [-0.1, -0.05) is 20.3 Å². The molecule has 2 atom stereocenters. The van der Waals surface area contributed by atoms with Gasteiger partial charge in [0.15, 0.2) is 34.7 Å². The monoisotopic (exact) mass is 996 g/mol. The molecule has 4 heterocycles. The molecule has 0 spiro atoms. The van der Waals surface area contributed by atoms with Crippen molar-refractivity contribution in [1.82, 2.24) is 39.5 Å². The van der Waals surface area contributed by atoms with Gasteiger partial charge in [-0.15, -0.1) is 0 Å². The van der Waals surface area contributed by atoms with Crippen molar-refractivity contribution in [3.05, 3.63) is 105 Å². The molecule has 0 saturated heterocycles. The fraction of sp³-hybridized carbons (Fsp3) is 0.488. The molecule has 2 aliphatic rings. The molecule has 0 unspecified atom stereocenters. The van der Waals surface area contributed by atoms with Crippen molar-refractivity contribution in [1.29, 1.82) is 0 Å². The molecule has 6 rings (SSSR count). The summed E-state index contributed by atoms with van der Waals surface area (Å²) in [5, 5.41) is 5.02. The highest BCUT2D eigenvalue weighted by Gasteiger charge is 2.43. The van der Waals surface area contributed by atoms with Crippen molar-refractivity contribution in [3.63, 3.8) is 0 Å². The molecule has 26 heteroatoms. The second-order valence-corrected chi connectivity index (χ2v) is 16.3. The van der Waals surface area contributed by atoms with Crippen LogP contribution in [0.1, 0.15) is 101 Å². The molecule has 14 nitrogen and oxygen atoms in total. The normalized spacial score (nSPS) is 14.6. The number of imidazole rings is 2. The van der Waals surface area contributed by atoms with Gasteiger partial charge in [0.05, 0.1) is 24.5 Å². The SMILES string of the molecule is CCCCNC(=O)c1nc(C(F)(F)F)n2c1CN(C(=O)C[C@H](N)Cc1cc(F)c(F)cc1F)CC2.CCCNC(=O)c1nc(C(F)(F)F)n2c1CN(C(=O)C[C@H](N)Cc1cc(F)c(F)cc1F)CC2. The zero-order valence-corrected chi connectivity index (χ0v) is 37.1. The van der Waals surface area contributed by atoms with Gasteiger partial charge in [0.2, 0.25) is 23.5 Å². The van der Waals surface area contributed by atoms with Gasteiger partial charge in [-0.3, -0.25) is 19.2 Å². The lowest BCUT2D eigenvalue weighted by atomic mass is 10.0. The highest BCUT2D eigenvalue weighted by molar-refractivity contribution is 5.94. The number of benzene rings is 2. The number of halogens is 12. The molecule has 0 fully saturated rings. The average Bonchev–Trinajstić information content (AvgIpc) is 3.86. The molecule has 0 saturated carbocycles. The quantitative estimate of drug-likeness (QED) is 0.0643. The highest BCUT2D eigenvalue weighted by Crippen LogP contribution is 2.34. The first kappa shape index (κ1) is 53.8. The van der Waals surface area contributed by atoms with E-state index in [1.165, 1.54) is 9.80 Å². The maximum atomic E-state index is 13.9. The lowest BCUT2D eigenvalue weighted by Crippen LogP contribution is -2.42. The number of carbonyl (C=O) groups excluding carboxylic acids is 4. The standard InChI is InChI=1S/C22H25F6N5O2.C21H23F6N5O2/c1-2-3-4-30-20(35)19-17-11-32(5-6-33(17)21(31-19)22(26,27)28)18(34)9-13(29)7-12-8-15(24)16(25)10-14(12)23;1-2-3-29-19(34)18-16-10-31(4-5-32(16)20(30-18)21(25,26)27)17(33)8-12(28)6-11-7-14(23)15(24)9-13(11)22/h8,10,13H,2-7,9,11,29H2,1H3,(H,30,35);7,9,12H,2-6,8,10,28H2,1H3,(H,29,34)/t13-;12-/m11/s1. The third-order valence-electron chi connectivity index (χ3n) is 11.0. The Balaban J connectivity index is 0.000000258. The number of hydrogen-bond donors (Lipinski definition) is 4. The van der Waals surface area contributed by atoms with E-state index in [-0.39, 0.29) is 101 Å². The first-order chi connectivity index (χ1) is 32.3. The summed E-state index contributed by atoms with van der Waals surface area (Å²) in [6.45, 7) is 2.91. The third-order valence-corrected chi connectivity index (χ3v) is 11.0. The number of hydrogen-bond acceptors (Lipinski definition) is 8. The van der Waals surface area contributed by atoms with Gasteiger partial charge in [0.1, 0.15) is 11.6 Å². The van der Waals surface area contributed by atoms with Crippen LogP contribution in [0.5, 0.6) is 0 Å². The lowest BCUT2D eigenvalue weighted by molar-refractivity contribution is -0.149. The molecule has 0 bridgehead atoms. The molecule has 2 aliphatic heterocycles. The zero-order valence-electron chi connectivity index (χ0n) is 37.1. The molecule has 0 aliphatic carbocycles. The van der Waals surface area contributed by atoms with E-state index >= 15 is 0 Å². The molecular formula is C43H48F12N10O4. The predicted octanol–water partition coefficient (Wildman–Crippen LogP) is 5.91. The van der Waals surface area contributed by atoms with E-state index in [1.54, 1.807) is 6.92 Å². The minimum absolute atomic E-state index is 0.0499. The van der Waals surface area contributed by atoms with Crippen LogP contribution in [0.25, 0.3) is 0 Å². The number of alkyl halides is 6. The Hall–Kier alpha value is -6.18. The Morgan fingerprint density at radius 1 is 0.580 bits per heavy atom. The molecule has 4 aromatic rings. The fourth-order valence-corrected chi connectivity index (χ4v) is 7.60. The first-order valence-electron chi connectivity index (χ1n) is 21.6. The maximum Gasteiger partial charge on any atom is 0.449 e. The van der Waals surface area contributed by atoms with Crippen LogP contribution in [0.15, 0.2) is 24.3 Å². The number of rotatable bonds is 15. The number of nitrogens with two attached hydrogens (primary N) is 2. The van der Waals surface area contributed by atoms with Gasteiger partial charge in [-0.05, 0) is 48.9 Å². The van der Waals surface area contributed by atoms with Gasteiger partial charge in [-0.2, -0.15) is 26.3 Å². The van der Waals surface area contributed by atoms with Crippen LogP contribution < -0.4 is 22.1 Å². The van der Waals surface area contributed by atoms with Crippen LogP contribution >= 0.6 is 0 Å². The molecule has 6 N–H and O–H groups in total. The Morgan fingerprint density at radius 3 is 1.32 bits per heavy atom. The molecule has 378 valence electrons. The Kier molecular flexibility index (Phi) is 17.5. The molecule has 2 aromatic heterocycles. The van der Waals surface area contributed by atoms with Crippen LogP contribution in [-0.2, 0) is 61.0 Å². The molecule has 69 heavy (non-hydrogen) atoms. The van der Waals surface area contributed by atoms with Crippen molar-refractivity contribution in [2.24, 2.45) is 11.5 Å². The second-order valence-electron chi connectivity index (χ2n) is 16.3. The predicted molar refractivity (Wildman–Crippen MR) is 220 cm³/mol. The van der Waals surface area contributed by atoms with E-state index in [0.29, 0.717) is 37.1 Å². The Bertz CT molecular complexity index is 2530. The largest absolute Gasteiger partial charge is 0.449 e. The number of amides is 4. The summed E-state index contributed by atoms with van der Waals surface area (Å²) in [5.74, 6) is -12.3. The van der Waals surface area contributed by atoms with Gasteiger partial charge < -0.3 is 41.0 Å². The van der Waals surface area contributed by atoms with Gasteiger partial charge >= 0.3 is 12.4 Å². The van der Waals surface area contributed by atoms with Crippen molar-refractivity contribution in [2.75, 3.05) is 26.2 Å². The van der Waals surface area contributed by atoms with Crippen molar-refractivity contribution in [3.8, 4) is 0 Å². The van der Waals surface area contributed by atoms with E-state index < -0.39 is 106 Å². The van der Waals surface area contributed by atoms with Gasteiger partial charge in [0.25, 0.3) is 11.8 Å². The summed E-state index contributed by atoms with van der Waals surface area (Å²) in [7, 11) is 0. The minimum atomic E-state index is -4.79. The summed E-state index contributed by atoms with van der Waals surface area (Å²) in [6, 6.07) is 0.170. The number of unbranched alkanes of at least 4 members (excludes halogenated alkanes) is 1. The topological polar surface area (TPSA) is 187 Å². The number of nitrogens with zero attached hydrogens (tertiary/aromatic N) is 6. The van der Waals surface area contributed by atoms with Gasteiger partial charge in [0, 0.05) is 76.3 Å². The van der Waals surface area contributed by atoms with E-state index in [4.69, 9.17) is 11.5 Å². The third kappa shape index (κ3) is 13.3. The Labute approximate surface area is 386 Å². The number of fused-ring (bicyclic) bond motifs is 2. The minimum Gasteiger partial charge on any atom is -0.351 e. The zero-order chi connectivity index (χ0) is 51.1. The van der Waals surface area contributed by atoms with Crippen LogP contribution in [0.4, 0.5) is 52.7 Å². The molecular weight excluding hydrogens is 949 g/mol. The summed E-state index contributed by atoms with van der Waals surface area (Å²) in [6.07, 6.45) is -8.78. The van der Waals surface area contributed by atoms with Crippen molar-refractivity contribution < 1.29 is 71.9 Å². The van der Waals surface area contributed by atoms with Gasteiger partial charge in [-0.25, -0.2) is 36.3 Å². The van der Waals surface area contributed by atoms with Crippen LogP contribution in [-0.4, -0.2) is 90.8 Å². The van der Waals surface area contributed by atoms with E-state index in [2.05, 4.69) is 20.6 Å². The van der Waals surface area contributed by atoms with Crippen LogP contribution in [0.3, 0.4) is 0 Å². The lowest BCUT2D eigenvalue weighted by Gasteiger charge is -2.30. The molecule has 2 aromatic carbocycles.